The fourth-order valence-electron chi connectivity index (χ4n) is 1.96. The second-order valence-corrected chi connectivity index (χ2v) is 5.09. The minimum absolute atomic E-state index is 0.0133. The number of hydrogen-bond donors (Lipinski definition) is 1. The molecule has 0 aliphatic rings. The van der Waals surface area contributed by atoms with E-state index in [-0.39, 0.29) is 24.0 Å². The molecule has 2 aromatic carbocycles. The number of benzene rings is 2. The summed E-state index contributed by atoms with van der Waals surface area (Å²) in [6, 6.07) is 8.62. The molecule has 0 saturated carbocycles. The second kappa shape index (κ2) is 6.87. The van der Waals surface area contributed by atoms with Crippen molar-refractivity contribution in [2.45, 2.75) is 19.6 Å². The summed E-state index contributed by atoms with van der Waals surface area (Å²) < 4.78 is 32.7. The van der Waals surface area contributed by atoms with E-state index >= 15 is 0 Å². The Hall–Kier alpha value is -1.65. The van der Waals surface area contributed by atoms with Crippen LogP contribution in [0.5, 0.6) is 5.75 Å². The van der Waals surface area contributed by atoms with Crippen molar-refractivity contribution in [3.63, 3.8) is 0 Å². The largest absolute Gasteiger partial charge is 0.488 e. The highest BCUT2D eigenvalue weighted by atomic mass is 35.5. The lowest BCUT2D eigenvalue weighted by molar-refractivity contribution is 0.293. The van der Waals surface area contributed by atoms with Gasteiger partial charge in [-0.2, -0.15) is 0 Å². The van der Waals surface area contributed by atoms with E-state index in [0.717, 1.165) is 0 Å². The van der Waals surface area contributed by atoms with Gasteiger partial charge >= 0.3 is 0 Å². The highest BCUT2D eigenvalue weighted by molar-refractivity contribution is 6.31. The van der Waals surface area contributed by atoms with Crippen LogP contribution in [-0.2, 0) is 6.61 Å². The Bertz CT molecular complexity index is 613. The first-order chi connectivity index (χ1) is 10.0. The lowest BCUT2D eigenvalue weighted by Gasteiger charge is -2.17. The number of rotatable bonds is 5. The number of halogens is 3. The van der Waals surface area contributed by atoms with Gasteiger partial charge in [0.15, 0.2) is 0 Å². The summed E-state index contributed by atoms with van der Waals surface area (Å²) in [4.78, 5) is 0. The maximum absolute atomic E-state index is 13.7. The van der Waals surface area contributed by atoms with Crippen LogP contribution >= 0.6 is 11.6 Å². The molecule has 1 atom stereocenters. The first-order valence-electron chi connectivity index (χ1n) is 6.55. The minimum Gasteiger partial charge on any atom is -0.488 e. The summed E-state index contributed by atoms with van der Waals surface area (Å²) >= 11 is 5.96. The first kappa shape index (κ1) is 15.7. The van der Waals surface area contributed by atoms with Gasteiger partial charge in [0.1, 0.15) is 24.0 Å². The Kier molecular flexibility index (Phi) is 5.15. The molecule has 0 aliphatic carbocycles. The average Bonchev–Trinajstić information content (AvgIpc) is 2.47. The molecule has 0 spiro atoms. The molecule has 5 heteroatoms. The molecule has 112 valence electrons. The van der Waals surface area contributed by atoms with Gasteiger partial charge in [0.05, 0.1) is 5.02 Å². The highest BCUT2D eigenvalue weighted by Gasteiger charge is 2.13. The van der Waals surface area contributed by atoms with Crippen molar-refractivity contribution in [2.75, 3.05) is 7.05 Å². The molecule has 0 amide bonds. The zero-order valence-corrected chi connectivity index (χ0v) is 12.5. The van der Waals surface area contributed by atoms with Gasteiger partial charge in [-0.15, -0.1) is 0 Å². The van der Waals surface area contributed by atoms with Crippen molar-refractivity contribution in [3.8, 4) is 5.75 Å². The van der Waals surface area contributed by atoms with Gasteiger partial charge in [-0.1, -0.05) is 17.7 Å². The topological polar surface area (TPSA) is 21.3 Å². The Morgan fingerprint density at radius 2 is 2.00 bits per heavy atom. The molecule has 2 rings (SSSR count). The highest BCUT2D eigenvalue weighted by Crippen LogP contribution is 2.28. The monoisotopic (exact) mass is 311 g/mol. The van der Waals surface area contributed by atoms with Gasteiger partial charge in [0.25, 0.3) is 0 Å². The minimum atomic E-state index is -0.423. The van der Waals surface area contributed by atoms with E-state index in [1.807, 2.05) is 6.92 Å². The van der Waals surface area contributed by atoms with E-state index in [2.05, 4.69) is 5.32 Å². The molecule has 0 bridgehead atoms. The molecular weight excluding hydrogens is 296 g/mol. The van der Waals surface area contributed by atoms with Crippen LogP contribution in [0.25, 0.3) is 0 Å². The molecule has 0 aliphatic heterocycles. The van der Waals surface area contributed by atoms with Crippen LogP contribution in [0.2, 0.25) is 5.02 Å². The summed E-state index contributed by atoms with van der Waals surface area (Å²) in [7, 11) is 1.77. The number of hydrogen-bond acceptors (Lipinski definition) is 2. The molecule has 1 unspecified atom stereocenters. The summed E-state index contributed by atoms with van der Waals surface area (Å²) in [5.41, 5.74) is 0.955. The lowest BCUT2D eigenvalue weighted by Crippen LogP contribution is -2.14. The van der Waals surface area contributed by atoms with Crippen LogP contribution in [0.4, 0.5) is 8.78 Å². The molecule has 0 fully saturated rings. The molecule has 2 aromatic rings. The summed E-state index contributed by atoms with van der Waals surface area (Å²) in [6.07, 6.45) is 0. The molecule has 2 nitrogen and oxygen atoms in total. The standard InChI is InChI=1S/C16H16ClF2NO/c1-10(20-2)12-8-11(18)6-7-16(12)21-9-13-14(17)4-3-5-15(13)19/h3-8,10,20H,9H2,1-2H3. The quantitative estimate of drug-likeness (QED) is 0.879. The van der Waals surface area contributed by atoms with E-state index < -0.39 is 5.82 Å². The third-order valence-corrected chi connectivity index (χ3v) is 3.66. The summed E-state index contributed by atoms with van der Waals surface area (Å²) in [6.45, 7) is 1.87. The molecule has 0 aromatic heterocycles. The van der Waals surface area contributed by atoms with Crippen LogP contribution in [0.3, 0.4) is 0 Å². The molecule has 0 saturated heterocycles. The van der Waals surface area contributed by atoms with Crippen molar-refractivity contribution >= 4 is 11.6 Å². The van der Waals surface area contributed by atoms with Crippen LogP contribution < -0.4 is 10.1 Å². The van der Waals surface area contributed by atoms with Gasteiger partial charge < -0.3 is 10.1 Å². The van der Waals surface area contributed by atoms with E-state index in [1.165, 1.54) is 30.3 Å². The zero-order chi connectivity index (χ0) is 15.4. The molecular formula is C16H16ClF2NO. The maximum atomic E-state index is 13.7. The predicted molar refractivity (Wildman–Crippen MR) is 79.6 cm³/mol. The fourth-order valence-corrected chi connectivity index (χ4v) is 2.18. The van der Waals surface area contributed by atoms with Gasteiger partial charge in [-0.05, 0) is 44.3 Å². The van der Waals surface area contributed by atoms with E-state index in [1.54, 1.807) is 13.1 Å². The van der Waals surface area contributed by atoms with Crippen LogP contribution in [0, 0.1) is 11.6 Å². The van der Waals surface area contributed by atoms with E-state index in [0.29, 0.717) is 16.3 Å². The second-order valence-electron chi connectivity index (χ2n) is 4.68. The van der Waals surface area contributed by atoms with Gasteiger partial charge in [-0.3, -0.25) is 0 Å². The van der Waals surface area contributed by atoms with Gasteiger partial charge in [0, 0.05) is 17.2 Å². The lowest BCUT2D eigenvalue weighted by atomic mass is 10.1. The SMILES string of the molecule is CNC(C)c1cc(F)ccc1OCc1c(F)cccc1Cl. The molecule has 0 radical (unpaired) electrons. The number of nitrogens with one attached hydrogen (secondary N) is 1. The van der Waals surface area contributed by atoms with Gasteiger partial charge in [-0.25, -0.2) is 8.78 Å². The zero-order valence-electron chi connectivity index (χ0n) is 11.8. The van der Waals surface area contributed by atoms with E-state index in [9.17, 15) is 8.78 Å². The van der Waals surface area contributed by atoms with Crippen molar-refractivity contribution in [1.29, 1.82) is 0 Å². The normalized spacial score (nSPS) is 12.2. The smallest absolute Gasteiger partial charge is 0.131 e. The molecule has 21 heavy (non-hydrogen) atoms. The number of ether oxygens (including phenoxy) is 1. The van der Waals surface area contributed by atoms with Crippen molar-refractivity contribution in [1.82, 2.24) is 5.32 Å². The molecule has 0 heterocycles. The van der Waals surface area contributed by atoms with Crippen molar-refractivity contribution in [2.24, 2.45) is 0 Å². The third kappa shape index (κ3) is 3.71. The van der Waals surface area contributed by atoms with Crippen LogP contribution in [0.15, 0.2) is 36.4 Å². The predicted octanol–water partition coefficient (Wildman–Crippen LogP) is 4.48. The van der Waals surface area contributed by atoms with Crippen LogP contribution in [-0.4, -0.2) is 7.05 Å². The molecule has 1 N–H and O–H groups in total. The van der Waals surface area contributed by atoms with Crippen molar-refractivity contribution in [3.05, 3.63) is 64.2 Å². The third-order valence-electron chi connectivity index (χ3n) is 3.31. The summed E-state index contributed by atoms with van der Waals surface area (Å²) in [5, 5.41) is 3.33. The Morgan fingerprint density at radius 3 is 2.67 bits per heavy atom. The summed E-state index contributed by atoms with van der Waals surface area (Å²) in [5.74, 6) is -0.270. The first-order valence-corrected chi connectivity index (χ1v) is 6.93. The van der Waals surface area contributed by atoms with Crippen LogP contribution in [0.1, 0.15) is 24.1 Å². The Labute approximate surface area is 127 Å². The average molecular weight is 312 g/mol. The van der Waals surface area contributed by atoms with E-state index in [4.69, 9.17) is 16.3 Å². The van der Waals surface area contributed by atoms with Crippen molar-refractivity contribution < 1.29 is 13.5 Å². The Morgan fingerprint density at radius 1 is 1.24 bits per heavy atom. The maximum Gasteiger partial charge on any atom is 0.131 e. The fraction of sp³-hybridized carbons (Fsp3) is 0.250. The Balaban J connectivity index is 2.24. The van der Waals surface area contributed by atoms with Gasteiger partial charge in [0.2, 0.25) is 0 Å².